The molecule has 0 spiro atoms. The van der Waals surface area contributed by atoms with Gasteiger partial charge >= 0.3 is 5.97 Å². The first kappa shape index (κ1) is 8.53. The maximum absolute atomic E-state index is 10.7. The molecule has 1 aliphatic rings. The van der Waals surface area contributed by atoms with Crippen molar-refractivity contribution in [2.24, 2.45) is 0 Å². The van der Waals surface area contributed by atoms with E-state index in [1.54, 1.807) is 0 Å². The first-order valence-corrected chi connectivity index (χ1v) is 4.22. The Labute approximate surface area is 67.0 Å². The molecule has 3 heteroatoms. The molecule has 0 amide bonds. The molecule has 0 aromatic heterocycles. The second kappa shape index (κ2) is 3.72. The van der Waals surface area contributed by atoms with Crippen molar-refractivity contribution in [2.45, 2.75) is 32.2 Å². The largest absolute Gasteiger partial charge is 0.480 e. The van der Waals surface area contributed by atoms with Gasteiger partial charge in [-0.15, -0.1) is 0 Å². The lowest BCUT2D eigenvalue weighted by Crippen LogP contribution is -2.48. The highest BCUT2D eigenvalue weighted by atomic mass is 16.4. The Morgan fingerprint density at radius 2 is 2.27 bits per heavy atom. The van der Waals surface area contributed by atoms with Crippen molar-refractivity contribution in [1.82, 2.24) is 4.90 Å². The van der Waals surface area contributed by atoms with Gasteiger partial charge in [-0.05, 0) is 12.8 Å². The molecule has 0 aromatic carbocycles. The molecule has 64 valence electrons. The lowest BCUT2D eigenvalue weighted by Gasteiger charge is -2.35. The summed E-state index contributed by atoms with van der Waals surface area (Å²) in [5.74, 6) is -0.661. The Kier molecular flexibility index (Phi) is 2.88. The van der Waals surface area contributed by atoms with E-state index >= 15 is 0 Å². The standard InChI is InChI=1S/C8H15NO2/c1-2-4-7(8(10)11)9-5-3-6-9/h7H,2-6H2,1H3,(H,10,11). The Balaban J connectivity index is 2.37. The SMILES string of the molecule is CCCC(C(=O)O)N1CCC1. The number of nitrogens with zero attached hydrogens (tertiary/aromatic N) is 1. The van der Waals surface area contributed by atoms with Crippen molar-refractivity contribution < 1.29 is 9.90 Å². The van der Waals surface area contributed by atoms with E-state index in [1.165, 1.54) is 0 Å². The summed E-state index contributed by atoms with van der Waals surface area (Å²) in [5, 5.41) is 8.80. The van der Waals surface area contributed by atoms with E-state index < -0.39 is 5.97 Å². The van der Waals surface area contributed by atoms with E-state index in [2.05, 4.69) is 0 Å². The van der Waals surface area contributed by atoms with Crippen molar-refractivity contribution in [3.05, 3.63) is 0 Å². The van der Waals surface area contributed by atoms with Crippen LogP contribution in [0.3, 0.4) is 0 Å². The molecule has 0 radical (unpaired) electrons. The molecule has 1 saturated heterocycles. The second-order valence-corrected chi connectivity index (χ2v) is 3.03. The van der Waals surface area contributed by atoms with E-state index in [1.807, 2.05) is 11.8 Å². The molecule has 1 atom stereocenters. The maximum Gasteiger partial charge on any atom is 0.320 e. The third-order valence-corrected chi connectivity index (χ3v) is 2.18. The predicted molar refractivity (Wildman–Crippen MR) is 42.5 cm³/mol. The topological polar surface area (TPSA) is 40.5 Å². The van der Waals surface area contributed by atoms with Gasteiger partial charge in [-0.3, -0.25) is 9.69 Å². The van der Waals surface area contributed by atoms with Crippen LogP contribution in [0.1, 0.15) is 26.2 Å². The average Bonchev–Trinajstić information content (AvgIpc) is 1.82. The Morgan fingerprint density at radius 1 is 1.64 bits per heavy atom. The zero-order chi connectivity index (χ0) is 8.27. The quantitative estimate of drug-likeness (QED) is 0.660. The summed E-state index contributed by atoms with van der Waals surface area (Å²) in [7, 11) is 0. The minimum absolute atomic E-state index is 0.214. The maximum atomic E-state index is 10.7. The fraction of sp³-hybridized carbons (Fsp3) is 0.875. The smallest absolute Gasteiger partial charge is 0.320 e. The summed E-state index contributed by atoms with van der Waals surface area (Å²) < 4.78 is 0. The van der Waals surface area contributed by atoms with Crippen molar-refractivity contribution in [3.8, 4) is 0 Å². The molecule has 1 rings (SSSR count). The molecular weight excluding hydrogens is 142 g/mol. The minimum Gasteiger partial charge on any atom is -0.480 e. The van der Waals surface area contributed by atoms with Gasteiger partial charge in [0.05, 0.1) is 0 Å². The van der Waals surface area contributed by atoms with Crippen LogP contribution in [-0.2, 0) is 4.79 Å². The third kappa shape index (κ3) is 1.93. The lowest BCUT2D eigenvalue weighted by atomic mass is 10.1. The van der Waals surface area contributed by atoms with Gasteiger partial charge in [-0.25, -0.2) is 0 Å². The molecule has 0 aliphatic carbocycles. The molecule has 0 bridgehead atoms. The summed E-state index contributed by atoms with van der Waals surface area (Å²) >= 11 is 0. The van der Waals surface area contributed by atoms with Crippen LogP contribution in [0.25, 0.3) is 0 Å². The van der Waals surface area contributed by atoms with Crippen molar-refractivity contribution in [2.75, 3.05) is 13.1 Å². The number of aliphatic carboxylic acids is 1. The summed E-state index contributed by atoms with van der Waals surface area (Å²) in [4.78, 5) is 12.7. The zero-order valence-corrected chi connectivity index (χ0v) is 6.92. The van der Waals surface area contributed by atoms with Crippen LogP contribution in [0, 0.1) is 0 Å². The highest BCUT2D eigenvalue weighted by Crippen LogP contribution is 2.15. The highest BCUT2D eigenvalue weighted by molar-refractivity contribution is 5.73. The van der Waals surface area contributed by atoms with Crippen LogP contribution in [-0.4, -0.2) is 35.1 Å². The second-order valence-electron chi connectivity index (χ2n) is 3.03. The molecule has 0 aromatic rings. The molecule has 0 saturated carbocycles. The number of likely N-dealkylation sites (tertiary alicyclic amines) is 1. The monoisotopic (exact) mass is 157 g/mol. The summed E-state index contributed by atoms with van der Waals surface area (Å²) in [6.07, 6.45) is 2.90. The fourth-order valence-electron chi connectivity index (χ4n) is 1.39. The van der Waals surface area contributed by atoms with E-state index in [4.69, 9.17) is 5.11 Å². The van der Waals surface area contributed by atoms with Gasteiger partial charge in [0.15, 0.2) is 0 Å². The Hall–Kier alpha value is -0.570. The van der Waals surface area contributed by atoms with Crippen molar-refractivity contribution in [3.63, 3.8) is 0 Å². The number of carbonyl (C=O) groups is 1. The summed E-state index contributed by atoms with van der Waals surface area (Å²) in [6, 6.07) is -0.214. The van der Waals surface area contributed by atoms with E-state index in [0.717, 1.165) is 32.4 Å². The van der Waals surface area contributed by atoms with Crippen molar-refractivity contribution >= 4 is 5.97 Å². The van der Waals surface area contributed by atoms with Gasteiger partial charge in [0, 0.05) is 13.1 Å². The van der Waals surface area contributed by atoms with Crippen LogP contribution < -0.4 is 0 Å². The molecule has 1 heterocycles. The highest BCUT2D eigenvalue weighted by Gasteiger charge is 2.28. The van der Waals surface area contributed by atoms with E-state index in [-0.39, 0.29) is 6.04 Å². The number of hydrogen-bond acceptors (Lipinski definition) is 2. The molecular formula is C8H15NO2. The van der Waals surface area contributed by atoms with Gasteiger partial charge in [0.1, 0.15) is 6.04 Å². The minimum atomic E-state index is -0.661. The summed E-state index contributed by atoms with van der Waals surface area (Å²) in [5.41, 5.74) is 0. The number of carboxylic acids is 1. The molecule has 1 unspecified atom stereocenters. The molecule has 1 fully saturated rings. The van der Waals surface area contributed by atoms with Gasteiger partial charge in [0.25, 0.3) is 0 Å². The molecule has 1 N–H and O–H groups in total. The molecule has 3 nitrogen and oxygen atoms in total. The Morgan fingerprint density at radius 3 is 2.55 bits per heavy atom. The van der Waals surface area contributed by atoms with Crippen LogP contribution in [0.2, 0.25) is 0 Å². The fourth-order valence-corrected chi connectivity index (χ4v) is 1.39. The summed E-state index contributed by atoms with van der Waals surface area (Å²) in [6.45, 7) is 3.96. The number of hydrogen-bond donors (Lipinski definition) is 1. The Bertz CT molecular complexity index is 143. The van der Waals surface area contributed by atoms with Crippen LogP contribution in [0.5, 0.6) is 0 Å². The normalized spacial score (nSPS) is 20.8. The van der Waals surface area contributed by atoms with Crippen LogP contribution in [0.15, 0.2) is 0 Å². The predicted octanol–water partition coefficient (Wildman–Crippen LogP) is 0.945. The van der Waals surface area contributed by atoms with Crippen molar-refractivity contribution in [1.29, 1.82) is 0 Å². The number of rotatable bonds is 4. The zero-order valence-electron chi connectivity index (χ0n) is 6.92. The first-order valence-electron chi connectivity index (χ1n) is 4.22. The van der Waals surface area contributed by atoms with Crippen LogP contribution in [0.4, 0.5) is 0 Å². The first-order chi connectivity index (χ1) is 5.25. The lowest BCUT2D eigenvalue weighted by molar-refractivity contribution is -0.145. The number of carboxylic acid groups (broad SMARTS) is 1. The third-order valence-electron chi connectivity index (χ3n) is 2.18. The van der Waals surface area contributed by atoms with Crippen LogP contribution >= 0.6 is 0 Å². The molecule has 11 heavy (non-hydrogen) atoms. The van der Waals surface area contributed by atoms with E-state index in [0.29, 0.717) is 0 Å². The van der Waals surface area contributed by atoms with Gasteiger partial charge in [-0.2, -0.15) is 0 Å². The molecule has 1 aliphatic heterocycles. The van der Waals surface area contributed by atoms with Gasteiger partial charge in [-0.1, -0.05) is 13.3 Å². The average molecular weight is 157 g/mol. The van der Waals surface area contributed by atoms with E-state index in [9.17, 15) is 4.79 Å². The van der Waals surface area contributed by atoms with Gasteiger partial charge in [0.2, 0.25) is 0 Å². The van der Waals surface area contributed by atoms with Gasteiger partial charge < -0.3 is 5.11 Å².